The minimum atomic E-state index is -0.276. The van der Waals surface area contributed by atoms with E-state index in [4.69, 9.17) is 21.4 Å². The second-order valence-electron chi connectivity index (χ2n) is 6.72. The van der Waals surface area contributed by atoms with Crippen molar-refractivity contribution in [1.29, 1.82) is 0 Å². The zero-order valence-corrected chi connectivity index (χ0v) is 16.7. The van der Waals surface area contributed by atoms with E-state index in [1.165, 1.54) is 0 Å². The molecule has 0 saturated heterocycles. The van der Waals surface area contributed by atoms with Crippen molar-refractivity contribution in [2.24, 2.45) is 5.10 Å². The fourth-order valence-electron chi connectivity index (χ4n) is 3.74. The highest BCUT2D eigenvalue weighted by Crippen LogP contribution is 2.48. The van der Waals surface area contributed by atoms with Crippen LogP contribution >= 0.6 is 27.5 Å². The van der Waals surface area contributed by atoms with E-state index >= 15 is 0 Å². The maximum Gasteiger partial charge on any atom is 0.213 e. The van der Waals surface area contributed by atoms with E-state index in [2.05, 4.69) is 45.2 Å². The number of benzene rings is 3. The smallest absolute Gasteiger partial charge is 0.213 e. The third kappa shape index (κ3) is 3.03. The number of halogens is 2. The summed E-state index contributed by atoms with van der Waals surface area (Å²) >= 11 is 9.84. The number of rotatable bonds is 2. The SMILES string of the molecule is Clc1ccc2c(c1)[C@@H]1CC(c3ccccc3)=NN1[C@@H](c1cccc(Br)c1)O2. The lowest BCUT2D eigenvalue weighted by atomic mass is 9.96. The van der Waals surface area contributed by atoms with Crippen molar-refractivity contribution in [2.45, 2.75) is 18.7 Å². The van der Waals surface area contributed by atoms with Gasteiger partial charge in [0.05, 0.1) is 11.8 Å². The summed E-state index contributed by atoms with van der Waals surface area (Å²) in [5, 5.41) is 7.75. The average molecular weight is 440 g/mol. The van der Waals surface area contributed by atoms with Crippen molar-refractivity contribution in [3.8, 4) is 5.75 Å². The first-order valence-corrected chi connectivity index (χ1v) is 9.99. The summed E-state index contributed by atoms with van der Waals surface area (Å²) in [7, 11) is 0. The van der Waals surface area contributed by atoms with Crippen molar-refractivity contribution in [3.05, 3.63) is 99.0 Å². The molecule has 0 radical (unpaired) electrons. The summed E-state index contributed by atoms with van der Waals surface area (Å²) in [6, 6.07) is 24.4. The zero-order valence-electron chi connectivity index (χ0n) is 14.3. The molecule has 3 nitrogen and oxygen atoms in total. The Morgan fingerprint density at radius 3 is 2.67 bits per heavy atom. The van der Waals surface area contributed by atoms with Crippen LogP contribution in [0.25, 0.3) is 0 Å². The highest BCUT2D eigenvalue weighted by molar-refractivity contribution is 9.10. The van der Waals surface area contributed by atoms with E-state index in [1.54, 1.807) is 0 Å². The maximum absolute atomic E-state index is 6.37. The summed E-state index contributed by atoms with van der Waals surface area (Å²) in [6.45, 7) is 0. The van der Waals surface area contributed by atoms with Gasteiger partial charge in [0.1, 0.15) is 5.75 Å². The molecule has 5 rings (SSSR count). The number of hydrazone groups is 1. The van der Waals surface area contributed by atoms with Crippen LogP contribution in [0.5, 0.6) is 5.75 Å². The molecule has 3 aromatic rings. The van der Waals surface area contributed by atoms with Gasteiger partial charge in [0.15, 0.2) is 0 Å². The van der Waals surface area contributed by atoms with Crippen molar-refractivity contribution in [1.82, 2.24) is 5.01 Å². The van der Waals surface area contributed by atoms with Gasteiger partial charge >= 0.3 is 0 Å². The Hall–Kier alpha value is -2.30. The minimum absolute atomic E-state index is 0.103. The lowest BCUT2D eigenvalue weighted by molar-refractivity contribution is -0.0190. The van der Waals surface area contributed by atoms with E-state index in [0.29, 0.717) is 5.02 Å². The Morgan fingerprint density at radius 2 is 1.85 bits per heavy atom. The predicted molar refractivity (Wildman–Crippen MR) is 111 cm³/mol. The summed E-state index contributed by atoms with van der Waals surface area (Å²) in [4.78, 5) is 0. The van der Waals surface area contributed by atoms with Gasteiger partial charge in [-0.3, -0.25) is 0 Å². The Kier molecular flexibility index (Phi) is 4.18. The lowest BCUT2D eigenvalue weighted by Gasteiger charge is -2.38. The highest BCUT2D eigenvalue weighted by atomic mass is 79.9. The van der Waals surface area contributed by atoms with Crippen molar-refractivity contribution in [2.75, 3.05) is 0 Å². The van der Waals surface area contributed by atoms with Crippen molar-refractivity contribution >= 4 is 33.2 Å². The Morgan fingerprint density at radius 1 is 1.00 bits per heavy atom. The van der Waals surface area contributed by atoms with Gasteiger partial charge in [-0.2, -0.15) is 5.10 Å². The van der Waals surface area contributed by atoms with Crippen LogP contribution < -0.4 is 4.74 Å². The molecule has 0 aromatic heterocycles. The third-order valence-electron chi connectivity index (χ3n) is 4.99. The number of nitrogens with zero attached hydrogens (tertiary/aromatic N) is 2. The molecule has 0 unspecified atom stereocenters. The topological polar surface area (TPSA) is 24.8 Å². The molecule has 0 spiro atoms. The maximum atomic E-state index is 6.37. The van der Waals surface area contributed by atoms with Gasteiger partial charge in [-0.1, -0.05) is 70.0 Å². The molecular weight excluding hydrogens is 424 g/mol. The normalized spacial score (nSPS) is 20.5. The van der Waals surface area contributed by atoms with Crippen molar-refractivity contribution in [3.63, 3.8) is 0 Å². The second kappa shape index (κ2) is 6.70. The summed E-state index contributed by atoms with van der Waals surface area (Å²) in [5.74, 6) is 0.870. The predicted octanol–water partition coefficient (Wildman–Crippen LogP) is 6.34. The Bertz CT molecular complexity index is 1040. The monoisotopic (exact) mass is 438 g/mol. The van der Waals surface area contributed by atoms with Crippen LogP contribution in [0.3, 0.4) is 0 Å². The standard InChI is InChI=1S/C22H16BrClN2O/c23-16-8-4-7-15(11-16)22-26-20(18-12-17(24)9-10-21(18)27-22)13-19(25-26)14-5-2-1-3-6-14/h1-12,20,22H,13H2/t20-,22+/m0/s1. The molecule has 0 amide bonds. The molecule has 0 fully saturated rings. The van der Waals surface area contributed by atoms with E-state index < -0.39 is 0 Å². The fraction of sp³-hybridized carbons (Fsp3) is 0.136. The van der Waals surface area contributed by atoms with E-state index in [0.717, 1.165) is 39.0 Å². The number of hydrogen-bond donors (Lipinski definition) is 0. The van der Waals surface area contributed by atoms with Crippen LogP contribution in [0.2, 0.25) is 5.02 Å². The molecule has 27 heavy (non-hydrogen) atoms. The second-order valence-corrected chi connectivity index (χ2v) is 8.07. The molecule has 2 aliphatic rings. The van der Waals surface area contributed by atoms with Gasteiger partial charge in [-0.05, 0) is 35.9 Å². The summed E-state index contributed by atoms with van der Waals surface area (Å²) in [6.07, 6.45) is 0.549. The first-order valence-electron chi connectivity index (χ1n) is 8.82. The molecule has 2 heterocycles. The third-order valence-corrected chi connectivity index (χ3v) is 5.72. The Labute approximate surface area is 171 Å². The van der Waals surface area contributed by atoms with Gasteiger partial charge in [0, 0.05) is 27.0 Å². The molecule has 134 valence electrons. The quantitative estimate of drug-likeness (QED) is 0.465. The summed E-state index contributed by atoms with van der Waals surface area (Å²) in [5.41, 5.74) is 4.36. The number of ether oxygens (including phenoxy) is 1. The van der Waals surface area contributed by atoms with Crippen LogP contribution in [0.1, 0.15) is 35.4 Å². The molecule has 2 atom stereocenters. The van der Waals surface area contributed by atoms with Gasteiger partial charge in [0.25, 0.3) is 0 Å². The zero-order chi connectivity index (χ0) is 18.4. The summed E-state index contributed by atoms with van der Waals surface area (Å²) < 4.78 is 7.39. The molecule has 0 aliphatic carbocycles. The van der Waals surface area contributed by atoms with E-state index in [-0.39, 0.29) is 12.3 Å². The molecule has 5 heteroatoms. The van der Waals surface area contributed by atoms with Crippen LogP contribution in [-0.4, -0.2) is 10.7 Å². The molecule has 2 aliphatic heterocycles. The first-order chi connectivity index (χ1) is 13.2. The molecule has 0 N–H and O–H groups in total. The van der Waals surface area contributed by atoms with Crippen LogP contribution in [0, 0.1) is 0 Å². The lowest BCUT2D eigenvalue weighted by Crippen LogP contribution is -2.33. The number of hydrogen-bond acceptors (Lipinski definition) is 3. The van der Waals surface area contributed by atoms with Crippen molar-refractivity contribution < 1.29 is 4.74 Å². The van der Waals surface area contributed by atoms with Gasteiger partial charge in [-0.25, -0.2) is 5.01 Å². The van der Waals surface area contributed by atoms with Crippen LogP contribution in [0.4, 0.5) is 0 Å². The van der Waals surface area contributed by atoms with Gasteiger partial charge in [0.2, 0.25) is 6.23 Å². The average Bonchev–Trinajstić information content (AvgIpc) is 3.14. The largest absolute Gasteiger partial charge is 0.464 e. The minimum Gasteiger partial charge on any atom is -0.464 e. The number of fused-ring (bicyclic) bond motifs is 3. The molecule has 3 aromatic carbocycles. The fourth-order valence-corrected chi connectivity index (χ4v) is 4.34. The van der Waals surface area contributed by atoms with Crippen LogP contribution in [-0.2, 0) is 0 Å². The van der Waals surface area contributed by atoms with E-state index in [9.17, 15) is 0 Å². The first kappa shape index (κ1) is 16.8. The molecule has 0 bridgehead atoms. The molecular formula is C22H16BrClN2O. The van der Waals surface area contributed by atoms with Gasteiger partial charge < -0.3 is 4.74 Å². The Balaban J connectivity index is 1.62. The molecule has 0 saturated carbocycles. The van der Waals surface area contributed by atoms with E-state index in [1.807, 2.05) is 48.5 Å². The van der Waals surface area contributed by atoms with Crippen LogP contribution in [0.15, 0.2) is 82.4 Å². The van der Waals surface area contributed by atoms with Gasteiger partial charge in [-0.15, -0.1) is 0 Å². The highest BCUT2D eigenvalue weighted by Gasteiger charge is 2.41.